The van der Waals surface area contributed by atoms with E-state index in [4.69, 9.17) is 34.8 Å². The van der Waals surface area contributed by atoms with E-state index in [0.29, 0.717) is 26.3 Å². The number of hydrogen-bond donors (Lipinski definition) is 1. The molecule has 1 unspecified atom stereocenters. The number of carbonyl (C=O) groups is 2. The van der Waals surface area contributed by atoms with Gasteiger partial charge in [0.15, 0.2) is 0 Å². The van der Waals surface area contributed by atoms with Gasteiger partial charge in [0.05, 0.1) is 10.6 Å². The molecule has 218 valence electrons. The molecule has 0 aliphatic heterocycles. The molecule has 1 saturated carbocycles. The fourth-order valence-corrected chi connectivity index (χ4v) is 6.85. The van der Waals surface area contributed by atoms with E-state index in [1.54, 1.807) is 55.5 Å². The van der Waals surface area contributed by atoms with Crippen LogP contribution in [0.4, 0.5) is 5.69 Å². The van der Waals surface area contributed by atoms with Crippen molar-refractivity contribution in [2.45, 2.75) is 62.6 Å². The van der Waals surface area contributed by atoms with Crippen molar-refractivity contribution in [3.63, 3.8) is 0 Å². The molecule has 0 saturated heterocycles. The Hall–Kier alpha value is -2.78. The second-order valence-corrected chi connectivity index (χ2v) is 13.2. The summed E-state index contributed by atoms with van der Waals surface area (Å²) in [6.45, 7) is 1.08. The van der Waals surface area contributed by atoms with E-state index >= 15 is 0 Å². The third kappa shape index (κ3) is 7.95. The highest BCUT2D eigenvalue weighted by Crippen LogP contribution is 2.27. The maximum atomic E-state index is 14.0. The standard InChI is InChI=1S/C30H32Cl3N3O4S/c1-21(30(38)34-25-8-4-2-5-9-25)35(19-22-12-13-24(32)18-28(22)33)29(37)20-36(26-10-6-3-7-11-26)41(39,40)27-16-14-23(31)15-17-27/h3,6-7,10-18,21,25H,2,4-5,8-9,19-20H2,1H3,(H,34,38). The monoisotopic (exact) mass is 635 g/mol. The highest BCUT2D eigenvalue weighted by atomic mass is 35.5. The van der Waals surface area contributed by atoms with Gasteiger partial charge in [0, 0.05) is 27.7 Å². The molecule has 0 radical (unpaired) electrons. The van der Waals surface area contributed by atoms with Crippen LogP contribution in [0.5, 0.6) is 0 Å². The summed E-state index contributed by atoms with van der Waals surface area (Å²) in [7, 11) is -4.17. The average Bonchev–Trinajstić information content (AvgIpc) is 2.96. The first-order valence-corrected chi connectivity index (χ1v) is 16.0. The molecule has 1 atom stereocenters. The van der Waals surface area contributed by atoms with Crippen LogP contribution in [0.2, 0.25) is 15.1 Å². The molecular formula is C30H32Cl3N3O4S. The minimum atomic E-state index is -4.17. The van der Waals surface area contributed by atoms with E-state index in [9.17, 15) is 18.0 Å². The summed E-state index contributed by atoms with van der Waals surface area (Å²) in [5.41, 5.74) is 0.883. The van der Waals surface area contributed by atoms with Crippen molar-refractivity contribution >= 4 is 62.3 Å². The van der Waals surface area contributed by atoms with Gasteiger partial charge in [0.25, 0.3) is 10.0 Å². The Balaban J connectivity index is 1.67. The van der Waals surface area contributed by atoms with E-state index in [0.717, 1.165) is 36.4 Å². The molecule has 4 rings (SSSR count). The van der Waals surface area contributed by atoms with Crippen LogP contribution in [0.1, 0.15) is 44.6 Å². The molecule has 1 fully saturated rings. The molecule has 1 aliphatic rings. The number of halogens is 3. The van der Waals surface area contributed by atoms with Crippen LogP contribution in [-0.2, 0) is 26.2 Å². The lowest BCUT2D eigenvalue weighted by Crippen LogP contribution is -2.53. The zero-order valence-electron chi connectivity index (χ0n) is 22.6. The Morgan fingerprint density at radius 3 is 2.17 bits per heavy atom. The summed E-state index contributed by atoms with van der Waals surface area (Å²) in [6, 6.07) is 18.2. The second kappa shape index (κ2) is 13.9. The Bertz CT molecular complexity index is 1460. The van der Waals surface area contributed by atoms with Crippen LogP contribution in [0.15, 0.2) is 77.7 Å². The zero-order chi connectivity index (χ0) is 29.6. The van der Waals surface area contributed by atoms with Crippen LogP contribution in [0.25, 0.3) is 0 Å². The number of sulfonamides is 1. The van der Waals surface area contributed by atoms with Crippen LogP contribution in [0, 0.1) is 0 Å². The molecule has 7 nitrogen and oxygen atoms in total. The number of rotatable bonds is 10. The summed E-state index contributed by atoms with van der Waals surface area (Å²) < 4.78 is 28.7. The van der Waals surface area contributed by atoms with Gasteiger partial charge in [-0.05, 0) is 73.9 Å². The largest absolute Gasteiger partial charge is 0.352 e. The van der Waals surface area contributed by atoms with Crippen molar-refractivity contribution in [2.24, 2.45) is 0 Å². The highest BCUT2D eigenvalue weighted by molar-refractivity contribution is 7.92. The number of anilines is 1. The fourth-order valence-electron chi connectivity index (χ4n) is 4.84. The van der Waals surface area contributed by atoms with Crippen LogP contribution >= 0.6 is 34.8 Å². The lowest BCUT2D eigenvalue weighted by Gasteiger charge is -2.33. The summed E-state index contributed by atoms with van der Waals surface area (Å²) in [4.78, 5) is 28.8. The number of benzene rings is 3. The maximum Gasteiger partial charge on any atom is 0.264 e. The number of amides is 2. The van der Waals surface area contributed by atoms with Gasteiger partial charge in [-0.15, -0.1) is 0 Å². The van der Waals surface area contributed by atoms with Gasteiger partial charge >= 0.3 is 0 Å². The van der Waals surface area contributed by atoms with Gasteiger partial charge in [-0.25, -0.2) is 8.42 Å². The predicted octanol–water partition coefficient (Wildman–Crippen LogP) is 6.71. The van der Waals surface area contributed by atoms with Gasteiger partial charge in [-0.1, -0.05) is 78.3 Å². The predicted molar refractivity (Wildman–Crippen MR) is 164 cm³/mol. The summed E-state index contributed by atoms with van der Waals surface area (Å²) in [6.07, 6.45) is 4.99. The number of hydrogen-bond acceptors (Lipinski definition) is 4. The normalized spacial score (nSPS) is 14.7. The molecule has 1 aliphatic carbocycles. The van der Waals surface area contributed by atoms with Crippen molar-refractivity contribution in [1.82, 2.24) is 10.2 Å². The Morgan fingerprint density at radius 2 is 1.54 bits per heavy atom. The van der Waals surface area contributed by atoms with Gasteiger partial charge in [0.2, 0.25) is 11.8 Å². The lowest BCUT2D eigenvalue weighted by molar-refractivity contribution is -0.139. The van der Waals surface area contributed by atoms with Gasteiger partial charge in [-0.3, -0.25) is 13.9 Å². The number of carbonyl (C=O) groups excluding carboxylic acids is 2. The number of para-hydroxylation sites is 1. The third-order valence-corrected chi connectivity index (χ3v) is 9.83. The Morgan fingerprint density at radius 1 is 0.902 bits per heavy atom. The van der Waals surface area contributed by atoms with E-state index in [1.165, 1.54) is 29.2 Å². The van der Waals surface area contributed by atoms with Crippen molar-refractivity contribution in [3.8, 4) is 0 Å². The quantitative estimate of drug-likeness (QED) is 0.268. The smallest absolute Gasteiger partial charge is 0.264 e. The number of nitrogens with zero attached hydrogens (tertiary/aromatic N) is 2. The van der Waals surface area contributed by atoms with E-state index in [-0.39, 0.29) is 23.4 Å². The molecule has 1 N–H and O–H groups in total. The molecular weight excluding hydrogens is 605 g/mol. The van der Waals surface area contributed by atoms with Crippen LogP contribution < -0.4 is 9.62 Å². The minimum absolute atomic E-state index is 0.0162. The van der Waals surface area contributed by atoms with Gasteiger partial charge in [0.1, 0.15) is 12.6 Å². The minimum Gasteiger partial charge on any atom is -0.352 e. The highest BCUT2D eigenvalue weighted by Gasteiger charge is 2.33. The molecule has 0 heterocycles. The third-order valence-electron chi connectivity index (χ3n) is 7.20. The van der Waals surface area contributed by atoms with E-state index in [1.807, 2.05) is 0 Å². The first kappa shape index (κ1) is 31.2. The maximum absolute atomic E-state index is 14.0. The molecule has 2 amide bonds. The van der Waals surface area contributed by atoms with Crippen molar-refractivity contribution in [1.29, 1.82) is 0 Å². The SMILES string of the molecule is CC(C(=O)NC1CCCCC1)N(Cc1ccc(Cl)cc1Cl)C(=O)CN(c1ccccc1)S(=O)(=O)c1ccc(Cl)cc1. The first-order chi connectivity index (χ1) is 19.6. The molecule has 0 aromatic heterocycles. The Labute approximate surface area is 256 Å². The molecule has 0 spiro atoms. The molecule has 11 heteroatoms. The van der Waals surface area contributed by atoms with Crippen LogP contribution in [-0.4, -0.2) is 43.8 Å². The van der Waals surface area contributed by atoms with Crippen molar-refractivity contribution < 1.29 is 18.0 Å². The zero-order valence-corrected chi connectivity index (χ0v) is 25.7. The van der Waals surface area contributed by atoms with Gasteiger partial charge in [-0.2, -0.15) is 0 Å². The molecule has 3 aromatic rings. The first-order valence-electron chi connectivity index (χ1n) is 13.4. The summed E-state index contributed by atoms with van der Waals surface area (Å²) in [5.74, 6) is -0.870. The van der Waals surface area contributed by atoms with Crippen molar-refractivity contribution in [3.05, 3.63) is 93.4 Å². The molecule has 41 heavy (non-hydrogen) atoms. The molecule has 3 aromatic carbocycles. The van der Waals surface area contributed by atoms with Crippen LogP contribution in [0.3, 0.4) is 0 Å². The van der Waals surface area contributed by atoms with Gasteiger partial charge < -0.3 is 10.2 Å². The van der Waals surface area contributed by atoms with E-state index < -0.39 is 28.5 Å². The average molecular weight is 637 g/mol. The summed E-state index contributed by atoms with van der Waals surface area (Å²) >= 11 is 18.5. The second-order valence-electron chi connectivity index (χ2n) is 10.1. The fraction of sp³-hybridized carbons (Fsp3) is 0.333. The number of nitrogens with one attached hydrogen (secondary N) is 1. The van der Waals surface area contributed by atoms with E-state index in [2.05, 4.69) is 5.32 Å². The molecule has 0 bridgehead atoms. The van der Waals surface area contributed by atoms with Crippen molar-refractivity contribution in [2.75, 3.05) is 10.8 Å². The topological polar surface area (TPSA) is 86.8 Å². The lowest BCUT2D eigenvalue weighted by atomic mass is 9.95. The summed E-state index contributed by atoms with van der Waals surface area (Å²) in [5, 5.41) is 4.23. The Kier molecular flexibility index (Phi) is 10.6.